The summed E-state index contributed by atoms with van der Waals surface area (Å²) in [6.07, 6.45) is 2.11. The first-order valence-electron chi connectivity index (χ1n) is 9.90. The lowest BCUT2D eigenvalue weighted by atomic mass is 10.1. The monoisotopic (exact) mass is 408 g/mol. The summed E-state index contributed by atoms with van der Waals surface area (Å²) in [5, 5.41) is 7.05. The first-order chi connectivity index (χ1) is 14.4. The lowest BCUT2D eigenvalue weighted by molar-refractivity contribution is -0.120. The quantitative estimate of drug-likeness (QED) is 0.637. The van der Waals surface area contributed by atoms with Crippen molar-refractivity contribution in [1.29, 1.82) is 0 Å². The van der Waals surface area contributed by atoms with E-state index in [1.54, 1.807) is 44.2 Å². The molecular formula is C23H25FN4O2. The molecule has 6 nitrogen and oxygen atoms in total. The van der Waals surface area contributed by atoms with E-state index in [0.717, 1.165) is 0 Å². The number of amides is 2. The molecule has 30 heavy (non-hydrogen) atoms. The Morgan fingerprint density at radius 1 is 1.13 bits per heavy atom. The highest BCUT2D eigenvalue weighted by molar-refractivity contribution is 6.01. The minimum absolute atomic E-state index is 0.269. The van der Waals surface area contributed by atoms with Gasteiger partial charge in [0, 0.05) is 12.2 Å². The fourth-order valence-corrected chi connectivity index (χ4v) is 3.26. The number of hydrogen-bond acceptors (Lipinski definition) is 3. The number of benzene rings is 2. The second kappa shape index (κ2) is 9.35. The number of para-hydroxylation sites is 2. The molecule has 3 rings (SSSR count). The zero-order chi connectivity index (χ0) is 21.7. The van der Waals surface area contributed by atoms with Gasteiger partial charge in [0.25, 0.3) is 5.91 Å². The Bertz CT molecular complexity index is 1030. The minimum Gasteiger partial charge on any atom is -0.327 e. The van der Waals surface area contributed by atoms with Crippen molar-refractivity contribution >= 4 is 17.5 Å². The van der Waals surface area contributed by atoms with Crippen molar-refractivity contribution in [3.63, 3.8) is 0 Å². The molecule has 0 aliphatic heterocycles. The second-order valence-corrected chi connectivity index (χ2v) is 7.04. The Labute approximate surface area is 175 Å². The van der Waals surface area contributed by atoms with E-state index in [4.69, 9.17) is 0 Å². The molecule has 0 aliphatic carbocycles. The summed E-state index contributed by atoms with van der Waals surface area (Å²) in [6.45, 7) is 5.76. The lowest BCUT2D eigenvalue weighted by Gasteiger charge is -2.28. The summed E-state index contributed by atoms with van der Waals surface area (Å²) in [6, 6.07) is 14.7. The average Bonchev–Trinajstić information content (AvgIpc) is 3.13. The molecule has 7 heteroatoms. The fraction of sp³-hybridized carbons (Fsp3) is 0.261. The van der Waals surface area contributed by atoms with Crippen LogP contribution in [-0.4, -0.2) is 39.1 Å². The molecule has 2 aromatic carbocycles. The van der Waals surface area contributed by atoms with Crippen molar-refractivity contribution in [2.75, 3.05) is 11.9 Å². The van der Waals surface area contributed by atoms with Crippen LogP contribution in [0.3, 0.4) is 0 Å². The van der Waals surface area contributed by atoms with Crippen molar-refractivity contribution in [2.45, 2.75) is 33.2 Å². The first kappa shape index (κ1) is 21.2. The Morgan fingerprint density at radius 3 is 2.47 bits per heavy atom. The van der Waals surface area contributed by atoms with Crippen LogP contribution in [0.25, 0.3) is 5.69 Å². The normalized spacial score (nSPS) is 11.7. The van der Waals surface area contributed by atoms with Gasteiger partial charge in [-0.05, 0) is 44.5 Å². The third-order valence-corrected chi connectivity index (χ3v) is 4.93. The van der Waals surface area contributed by atoms with E-state index >= 15 is 0 Å². The highest BCUT2D eigenvalue weighted by Crippen LogP contribution is 2.20. The van der Waals surface area contributed by atoms with Gasteiger partial charge in [0.2, 0.25) is 5.91 Å². The van der Waals surface area contributed by atoms with Gasteiger partial charge in [-0.2, -0.15) is 5.10 Å². The minimum atomic E-state index is -0.686. The Hall–Kier alpha value is -3.48. The number of nitrogens with zero attached hydrogens (tertiary/aromatic N) is 3. The topological polar surface area (TPSA) is 67.2 Å². The molecule has 2 amide bonds. The van der Waals surface area contributed by atoms with Crippen LogP contribution in [0.2, 0.25) is 0 Å². The van der Waals surface area contributed by atoms with Crippen LogP contribution in [-0.2, 0) is 4.79 Å². The van der Waals surface area contributed by atoms with Crippen molar-refractivity contribution in [3.8, 4) is 5.69 Å². The smallest absolute Gasteiger partial charge is 0.258 e. The Kier molecular flexibility index (Phi) is 6.61. The summed E-state index contributed by atoms with van der Waals surface area (Å²) in [5.41, 5.74) is 1.79. The van der Waals surface area contributed by atoms with Crippen LogP contribution >= 0.6 is 0 Å². The number of carbonyl (C=O) groups is 2. The molecule has 1 unspecified atom stereocenters. The van der Waals surface area contributed by atoms with Crippen molar-refractivity contribution in [2.24, 2.45) is 0 Å². The standard InChI is InChI=1S/C23H25FN4O2/c1-4-14-27(17(3)22(29)26-18-10-6-5-7-11-18)23(30)19-15-25-28(16(19)2)21-13-9-8-12-20(21)24/h5-13,15,17H,4,14H2,1-3H3,(H,26,29). The van der Waals surface area contributed by atoms with Crippen LogP contribution < -0.4 is 5.32 Å². The molecule has 3 aromatic rings. The highest BCUT2D eigenvalue weighted by Gasteiger charge is 2.29. The van der Waals surface area contributed by atoms with E-state index in [9.17, 15) is 14.0 Å². The largest absolute Gasteiger partial charge is 0.327 e. The Balaban J connectivity index is 1.85. The molecular weight excluding hydrogens is 383 g/mol. The zero-order valence-corrected chi connectivity index (χ0v) is 17.3. The lowest BCUT2D eigenvalue weighted by Crippen LogP contribution is -2.46. The molecule has 0 fully saturated rings. The summed E-state index contributed by atoms with van der Waals surface area (Å²) in [7, 11) is 0. The van der Waals surface area contributed by atoms with E-state index in [1.165, 1.54) is 21.8 Å². The van der Waals surface area contributed by atoms with E-state index in [1.807, 2.05) is 25.1 Å². The van der Waals surface area contributed by atoms with Gasteiger partial charge in [0.15, 0.2) is 0 Å². The molecule has 1 heterocycles. The predicted molar refractivity (Wildman–Crippen MR) is 114 cm³/mol. The summed E-state index contributed by atoms with van der Waals surface area (Å²) < 4.78 is 15.6. The fourth-order valence-electron chi connectivity index (χ4n) is 3.26. The second-order valence-electron chi connectivity index (χ2n) is 7.04. The number of anilines is 1. The van der Waals surface area contributed by atoms with Crippen molar-refractivity contribution in [3.05, 3.63) is 77.9 Å². The maximum atomic E-state index is 14.2. The van der Waals surface area contributed by atoms with Crippen LogP contribution in [0.1, 0.15) is 36.3 Å². The summed E-state index contributed by atoms with van der Waals surface area (Å²) in [4.78, 5) is 27.5. The third kappa shape index (κ3) is 4.40. The molecule has 0 spiro atoms. The van der Waals surface area contributed by atoms with Gasteiger partial charge in [0.1, 0.15) is 17.5 Å². The van der Waals surface area contributed by atoms with E-state index < -0.39 is 11.9 Å². The van der Waals surface area contributed by atoms with Crippen LogP contribution in [0.5, 0.6) is 0 Å². The van der Waals surface area contributed by atoms with Gasteiger partial charge in [0.05, 0.1) is 17.5 Å². The maximum Gasteiger partial charge on any atom is 0.258 e. The third-order valence-electron chi connectivity index (χ3n) is 4.93. The van der Waals surface area contributed by atoms with Gasteiger partial charge >= 0.3 is 0 Å². The SMILES string of the molecule is CCCN(C(=O)c1cnn(-c2ccccc2F)c1C)C(C)C(=O)Nc1ccccc1. The molecule has 156 valence electrons. The number of nitrogens with one attached hydrogen (secondary N) is 1. The molecule has 1 atom stereocenters. The number of halogens is 1. The van der Waals surface area contributed by atoms with Crippen LogP contribution in [0.4, 0.5) is 10.1 Å². The first-order valence-corrected chi connectivity index (χ1v) is 9.90. The van der Waals surface area contributed by atoms with Crippen LogP contribution in [0, 0.1) is 12.7 Å². The van der Waals surface area contributed by atoms with Gasteiger partial charge < -0.3 is 10.2 Å². The average molecular weight is 408 g/mol. The molecule has 1 aromatic heterocycles. The Morgan fingerprint density at radius 2 is 1.80 bits per heavy atom. The van der Waals surface area contributed by atoms with E-state index in [-0.39, 0.29) is 17.5 Å². The number of hydrogen-bond donors (Lipinski definition) is 1. The van der Waals surface area contributed by atoms with E-state index in [2.05, 4.69) is 10.4 Å². The summed E-state index contributed by atoms with van der Waals surface area (Å²) in [5.74, 6) is -1.02. The number of aromatic nitrogens is 2. The highest BCUT2D eigenvalue weighted by atomic mass is 19.1. The molecule has 0 saturated carbocycles. The van der Waals surface area contributed by atoms with Gasteiger partial charge in [-0.3, -0.25) is 9.59 Å². The summed E-state index contributed by atoms with van der Waals surface area (Å²) >= 11 is 0. The van der Waals surface area contributed by atoms with Gasteiger partial charge in [-0.15, -0.1) is 0 Å². The van der Waals surface area contributed by atoms with Gasteiger partial charge in [-0.1, -0.05) is 37.3 Å². The molecule has 0 aliphatic rings. The number of carbonyl (C=O) groups excluding carboxylic acids is 2. The van der Waals surface area contributed by atoms with E-state index in [0.29, 0.717) is 29.9 Å². The van der Waals surface area contributed by atoms with Gasteiger partial charge in [-0.25, -0.2) is 9.07 Å². The van der Waals surface area contributed by atoms with Crippen molar-refractivity contribution in [1.82, 2.24) is 14.7 Å². The van der Waals surface area contributed by atoms with Crippen molar-refractivity contribution < 1.29 is 14.0 Å². The predicted octanol–water partition coefficient (Wildman–Crippen LogP) is 4.20. The molecule has 0 radical (unpaired) electrons. The maximum absolute atomic E-state index is 14.2. The molecule has 0 saturated heterocycles. The molecule has 0 bridgehead atoms. The number of rotatable bonds is 7. The molecule has 1 N–H and O–H groups in total. The zero-order valence-electron chi connectivity index (χ0n) is 17.3. The van der Waals surface area contributed by atoms with Crippen LogP contribution in [0.15, 0.2) is 60.8 Å².